The highest BCUT2D eigenvalue weighted by Gasteiger charge is 2.33. The topological polar surface area (TPSA) is 62.2 Å². The lowest BCUT2D eigenvalue weighted by atomic mass is 9.92. The first-order valence-electron chi connectivity index (χ1n) is 13.6. The number of hydrogen-bond donors (Lipinski definition) is 1. The summed E-state index contributed by atoms with van der Waals surface area (Å²) in [7, 11) is 0. The van der Waals surface area contributed by atoms with Gasteiger partial charge < -0.3 is 24.4 Å². The number of amides is 1. The minimum atomic E-state index is -0.503. The van der Waals surface area contributed by atoms with E-state index < -0.39 is 6.29 Å². The van der Waals surface area contributed by atoms with Crippen LogP contribution in [0.4, 0.5) is 0 Å². The van der Waals surface area contributed by atoms with E-state index in [1.807, 2.05) is 35.2 Å². The highest BCUT2D eigenvalue weighted by molar-refractivity contribution is 14.1. The summed E-state index contributed by atoms with van der Waals surface area (Å²) in [5.74, 6) is 0.442. The van der Waals surface area contributed by atoms with Crippen LogP contribution in [0.15, 0.2) is 60.4 Å². The third-order valence-electron chi connectivity index (χ3n) is 7.87. The Bertz CT molecular complexity index is 1060. The first-order chi connectivity index (χ1) is 18.1. The smallest absolute Gasteiger partial charge is 0.288 e. The largest absolute Gasteiger partial charge is 0.459 e. The van der Waals surface area contributed by atoms with E-state index >= 15 is 0 Å². The maximum Gasteiger partial charge on any atom is 0.288 e. The van der Waals surface area contributed by atoms with Crippen LogP contribution in [0, 0.1) is 3.57 Å². The second-order valence-corrected chi connectivity index (χ2v) is 11.6. The number of ether oxygens (including phenoxy) is 2. The lowest BCUT2D eigenvalue weighted by molar-refractivity contribution is -0.157. The van der Waals surface area contributed by atoms with Crippen molar-refractivity contribution in [1.29, 1.82) is 0 Å². The number of aliphatic hydroxyl groups is 1. The van der Waals surface area contributed by atoms with E-state index in [0.29, 0.717) is 24.8 Å². The molecule has 0 aromatic heterocycles. The van der Waals surface area contributed by atoms with Crippen LogP contribution in [0.1, 0.15) is 61.1 Å². The van der Waals surface area contributed by atoms with Crippen LogP contribution in [-0.4, -0.2) is 59.3 Å². The van der Waals surface area contributed by atoms with Gasteiger partial charge in [-0.05, 0) is 96.3 Å². The predicted molar refractivity (Wildman–Crippen MR) is 152 cm³/mol. The molecule has 2 saturated heterocycles. The van der Waals surface area contributed by atoms with Gasteiger partial charge in [-0.1, -0.05) is 42.8 Å². The molecule has 1 N–H and O–H groups in total. The standard InChI is InChI=1S/C30H37IN2O4/c31-26-10-8-24(9-11-26)25-18-28(37-29(19-25)36-21-23-6-4-22(20-34)5-7-23)30(35)33-16-12-27(13-17-33)32-14-2-1-3-15-32/h4-11,18,25,27,29,34H,1-3,12-17,19-21H2/t25-,29+/m1/s1. The molecule has 5 rings (SSSR count). The van der Waals surface area contributed by atoms with Crippen LogP contribution >= 0.6 is 22.6 Å². The first-order valence-corrected chi connectivity index (χ1v) is 14.6. The molecule has 37 heavy (non-hydrogen) atoms. The summed E-state index contributed by atoms with van der Waals surface area (Å²) >= 11 is 2.31. The Labute approximate surface area is 233 Å². The average molecular weight is 617 g/mol. The molecule has 6 nitrogen and oxygen atoms in total. The number of carbonyl (C=O) groups is 1. The van der Waals surface area contributed by atoms with E-state index in [9.17, 15) is 9.90 Å². The third kappa shape index (κ3) is 6.93. The van der Waals surface area contributed by atoms with E-state index in [4.69, 9.17) is 9.47 Å². The molecule has 1 amide bonds. The summed E-state index contributed by atoms with van der Waals surface area (Å²) < 4.78 is 13.5. The number of carbonyl (C=O) groups excluding carboxylic acids is 1. The van der Waals surface area contributed by atoms with Gasteiger partial charge in [-0.3, -0.25) is 4.79 Å². The van der Waals surface area contributed by atoms with Crippen LogP contribution in [-0.2, 0) is 27.5 Å². The van der Waals surface area contributed by atoms with Gasteiger partial charge in [0.1, 0.15) is 0 Å². The molecule has 3 aliphatic heterocycles. The molecule has 3 aliphatic rings. The first kappa shape index (κ1) is 26.7. The SMILES string of the molecule is O=C(C1=C[C@@H](c2ccc(I)cc2)C[C@@H](OCc2ccc(CO)cc2)O1)N1CCC(N2CCCCC2)CC1. The molecule has 0 spiro atoms. The summed E-state index contributed by atoms with van der Waals surface area (Å²) in [5, 5.41) is 9.29. The fourth-order valence-electron chi connectivity index (χ4n) is 5.66. The molecule has 2 fully saturated rings. The molecule has 198 valence electrons. The van der Waals surface area contributed by atoms with Crippen LogP contribution in [0.3, 0.4) is 0 Å². The van der Waals surface area contributed by atoms with Crippen LogP contribution < -0.4 is 0 Å². The van der Waals surface area contributed by atoms with Gasteiger partial charge in [-0.15, -0.1) is 0 Å². The zero-order valence-corrected chi connectivity index (χ0v) is 23.5. The van der Waals surface area contributed by atoms with Crippen molar-refractivity contribution < 1.29 is 19.4 Å². The Balaban J connectivity index is 1.26. The van der Waals surface area contributed by atoms with Crippen molar-refractivity contribution in [2.45, 2.75) is 70.0 Å². The molecular weight excluding hydrogens is 579 g/mol. The number of benzene rings is 2. The highest BCUT2D eigenvalue weighted by atomic mass is 127. The Morgan fingerprint density at radius 2 is 1.62 bits per heavy atom. The highest BCUT2D eigenvalue weighted by Crippen LogP contribution is 2.33. The van der Waals surface area contributed by atoms with Crippen LogP contribution in [0.5, 0.6) is 0 Å². The van der Waals surface area contributed by atoms with E-state index in [1.165, 1.54) is 41.5 Å². The van der Waals surface area contributed by atoms with Crippen molar-refractivity contribution in [2.24, 2.45) is 0 Å². The molecule has 0 saturated carbocycles. The van der Waals surface area contributed by atoms with Crippen LogP contribution in [0.25, 0.3) is 0 Å². The zero-order chi connectivity index (χ0) is 25.6. The number of allylic oxidation sites excluding steroid dienone is 1. The van der Waals surface area contributed by atoms with E-state index in [-0.39, 0.29) is 18.4 Å². The molecule has 0 radical (unpaired) electrons. The maximum atomic E-state index is 13.6. The number of nitrogens with zero attached hydrogens (tertiary/aromatic N) is 2. The van der Waals surface area contributed by atoms with Gasteiger partial charge in [0.15, 0.2) is 5.76 Å². The van der Waals surface area contributed by atoms with Crippen molar-refractivity contribution in [2.75, 3.05) is 26.2 Å². The van der Waals surface area contributed by atoms with Crippen molar-refractivity contribution in [3.63, 3.8) is 0 Å². The number of piperidine rings is 2. The quantitative estimate of drug-likeness (QED) is 0.434. The van der Waals surface area contributed by atoms with Crippen molar-refractivity contribution in [3.8, 4) is 0 Å². The summed E-state index contributed by atoms with van der Waals surface area (Å²) in [4.78, 5) is 18.2. The summed E-state index contributed by atoms with van der Waals surface area (Å²) in [6.07, 6.45) is 8.15. The minimum Gasteiger partial charge on any atom is -0.459 e. The molecule has 7 heteroatoms. The average Bonchev–Trinajstić information content (AvgIpc) is 2.97. The lowest BCUT2D eigenvalue weighted by Gasteiger charge is -2.40. The second-order valence-electron chi connectivity index (χ2n) is 10.4. The van der Waals surface area contributed by atoms with Gasteiger partial charge in [-0.25, -0.2) is 0 Å². The molecule has 2 aromatic carbocycles. The Hall–Kier alpha value is -1.94. The lowest BCUT2D eigenvalue weighted by Crippen LogP contribution is -2.49. The molecular formula is C30H37IN2O4. The Morgan fingerprint density at radius 3 is 2.30 bits per heavy atom. The van der Waals surface area contributed by atoms with Crippen molar-refractivity contribution >= 4 is 28.5 Å². The fraction of sp³-hybridized carbons (Fsp3) is 0.500. The molecule has 0 bridgehead atoms. The Morgan fingerprint density at radius 1 is 0.946 bits per heavy atom. The monoisotopic (exact) mass is 616 g/mol. The molecule has 2 atom stereocenters. The van der Waals surface area contributed by atoms with Crippen molar-refractivity contribution in [1.82, 2.24) is 9.80 Å². The minimum absolute atomic E-state index is 0.0202. The molecule has 3 heterocycles. The van der Waals surface area contributed by atoms with Crippen molar-refractivity contribution in [3.05, 3.63) is 80.6 Å². The van der Waals surface area contributed by atoms with E-state index in [0.717, 1.165) is 37.1 Å². The maximum absolute atomic E-state index is 13.6. The predicted octanol–water partition coefficient (Wildman–Crippen LogP) is 5.19. The zero-order valence-electron chi connectivity index (χ0n) is 21.4. The molecule has 0 aliphatic carbocycles. The van der Waals surface area contributed by atoms with E-state index in [1.54, 1.807) is 0 Å². The summed E-state index contributed by atoms with van der Waals surface area (Å²) in [5.41, 5.74) is 3.05. The molecule has 0 unspecified atom stereocenters. The fourth-order valence-corrected chi connectivity index (χ4v) is 6.02. The van der Waals surface area contributed by atoms with Gasteiger partial charge >= 0.3 is 0 Å². The number of likely N-dealkylation sites (tertiary alicyclic amines) is 2. The van der Waals surface area contributed by atoms with Gasteiger partial charge in [0.05, 0.1) is 13.2 Å². The summed E-state index contributed by atoms with van der Waals surface area (Å²) in [6.45, 7) is 4.36. The number of rotatable bonds is 7. The van der Waals surface area contributed by atoms with E-state index in [2.05, 4.69) is 51.8 Å². The third-order valence-corrected chi connectivity index (χ3v) is 8.59. The number of halogens is 1. The van der Waals surface area contributed by atoms with Crippen LogP contribution in [0.2, 0.25) is 0 Å². The van der Waals surface area contributed by atoms with Gasteiger partial charge in [0, 0.05) is 35.0 Å². The Kier molecular flexibility index (Phi) is 9.18. The number of hydrogen-bond acceptors (Lipinski definition) is 5. The van der Waals surface area contributed by atoms with Gasteiger partial charge in [0.2, 0.25) is 6.29 Å². The number of aliphatic hydroxyl groups excluding tert-OH is 1. The normalized spacial score (nSPS) is 23.4. The molecule has 2 aromatic rings. The second kappa shape index (κ2) is 12.7. The van der Waals surface area contributed by atoms with Gasteiger partial charge in [0.25, 0.3) is 5.91 Å². The summed E-state index contributed by atoms with van der Waals surface area (Å²) in [6, 6.07) is 16.8. The van der Waals surface area contributed by atoms with Gasteiger partial charge in [-0.2, -0.15) is 0 Å².